The van der Waals surface area contributed by atoms with Crippen molar-refractivity contribution in [3.63, 3.8) is 0 Å². The number of esters is 1. The summed E-state index contributed by atoms with van der Waals surface area (Å²) in [6.07, 6.45) is 1.53. The zero-order chi connectivity index (χ0) is 16.1. The van der Waals surface area contributed by atoms with Gasteiger partial charge in [0.1, 0.15) is 17.9 Å². The summed E-state index contributed by atoms with van der Waals surface area (Å²) in [7, 11) is 0. The molecule has 0 bridgehead atoms. The first-order chi connectivity index (χ1) is 11.2. The summed E-state index contributed by atoms with van der Waals surface area (Å²) >= 11 is 0. The van der Waals surface area contributed by atoms with Crippen molar-refractivity contribution in [1.82, 2.24) is 9.97 Å². The predicted octanol–water partition coefficient (Wildman–Crippen LogP) is 3.81. The summed E-state index contributed by atoms with van der Waals surface area (Å²) in [6.45, 7) is 1.37. The first kappa shape index (κ1) is 14.7. The van der Waals surface area contributed by atoms with Gasteiger partial charge >= 0.3 is 5.97 Å². The van der Waals surface area contributed by atoms with Crippen LogP contribution >= 0.6 is 0 Å². The Morgan fingerprint density at radius 3 is 2.43 bits per heavy atom. The Balaban J connectivity index is 1.77. The van der Waals surface area contributed by atoms with Crippen LogP contribution in [-0.4, -0.2) is 15.9 Å². The fourth-order valence-corrected chi connectivity index (χ4v) is 2.11. The van der Waals surface area contributed by atoms with Crippen LogP contribution in [0.15, 0.2) is 67.0 Å². The van der Waals surface area contributed by atoms with Gasteiger partial charge < -0.3 is 10.1 Å². The predicted molar refractivity (Wildman–Crippen MR) is 88.5 cm³/mol. The number of ether oxygens (including phenoxy) is 1. The molecule has 0 amide bonds. The number of carbonyl (C=O) groups excluding carboxylic acids is 1. The van der Waals surface area contributed by atoms with Crippen molar-refractivity contribution < 1.29 is 9.53 Å². The fraction of sp³-hybridized carbons (Fsp3) is 0.0556. The van der Waals surface area contributed by atoms with Crippen molar-refractivity contribution >= 4 is 17.5 Å². The number of aromatic nitrogens is 2. The molecule has 0 spiro atoms. The van der Waals surface area contributed by atoms with Crippen LogP contribution in [0.3, 0.4) is 0 Å². The number of hydrogen-bond donors (Lipinski definition) is 1. The van der Waals surface area contributed by atoms with Gasteiger partial charge in [-0.3, -0.25) is 4.79 Å². The van der Waals surface area contributed by atoms with Crippen molar-refractivity contribution in [3.05, 3.63) is 67.0 Å². The summed E-state index contributed by atoms with van der Waals surface area (Å²) in [6, 6.07) is 18.9. The van der Waals surface area contributed by atoms with E-state index < -0.39 is 0 Å². The average molecular weight is 305 g/mol. The third kappa shape index (κ3) is 3.91. The molecule has 0 aliphatic heterocycles. The van der Waals surface area contributed by atoms with Crippen molar-refractivity contribution in [1.29, 1.82) is 0 Å². The molecule has 3 rings (SSSR count). The van der Waals surface area contributed by atoms with Gasteiger partial charge in [0.25, 0.3) is 0 Å². The van der Waals surface area contributed by atoms with Gasteiger partial charge in [0.15, 0.2) is 0 Å². The highest BCUT2D eigenvalue weighted by Crippen LogP contribution is 2.22. The van der Waals surface area contributed by atoms with E-state index in [0.29, 0.717) is 11.6 Å². The SMILES string of the molecule is CC(=O)Oc1ccc(Nc2cc(-c3ccccc3)ncn2)cc1. The van der Waals surface area contributed by atoms with E-state index in [9.17, 15) is 4.79 Å². The maximum absolute atomic E-state index is 10.9. The normalized spacial score (nSPS) is 10.1. The molecule has 23 heavy (non-hydrogen) atoms. The van der Waals surface area contributed by atoms with Crippen LogP contribution in [0.1, 0.15) is 6.92 Å². The third-order valence-electron chi connectivity index (χ3n) is 3.12. The number of anilines is 2. The van der Waals surface area contributed by atoms with E-state index in [1.807, 2.05) is 48.5 Å². The summed E-state index contributed by atoms with van der Waals surface area (Å²) in [4.78, 5) is 19.4. The first-order valence-electron chi connectivity index (χ1n) is 7.14. The van der Waals surface area contributed by atoms with Crippen LogP contribution in [-0.2, 0) is 4.79 Å². The number of rotatable bonds is 4. The van der Waals surface area contributed by atoms with Gasteiger partial charge in [-0.25, -0.2) is 9.97 Å². The molecule has 5 heteroatoms. The van der Waals surface area contributed by atoms with E-state index in [1.165, 1.54) is 13.3 Å². The Kier molecular flexibility index (Phi) is 4.29. The Morgan fingerprint density at radius 1 is 1.00 bits per heavy atom. The number of hydrogen-bond acceptors (Lipinski definition) is 5. The molecule has 0 fully saturated rings. The molecular weight excluding hydrogens is 290 g/mol. The lowest BCUT2D eigenvalue weighted by atomic mass is 10.1. The van der Waals surface area contributed by atoms with Gasteiger partial charge in [0.05, 0.1) is 5.69 Å². The van der Waals surface area contributed by atoms with Crippen molar-refractivity contribution in [3.8, 4) is 17.0 Å². The van der Waals surface area contributed by atoms with Gasteiger partial charge in [-0.2, -0.15) is 0 Å². The first-order valence-corrected chi connectivity index (χ1v) is 7.14. The lowest BCUT2D eigenvalue weighted by Crippen LogP contribution is -2.01. The second kappa shape index (κ2) is 6.70. The highest BCUT2D eigenvalue weighted by atomic mass is 16.5. The number of carbonyl (C=O) groups is 1. The summed E-state index contributed by atoms with van der Waals surface area (Å²) in [5, 5.41) is 3.20. The van der Waals surface area contributed by atoms with Gasteiger partial charge in [-0.1, -0.05) is 30.3 Å². The van der Waals surface area contributed by atoms with Crippen LogP contribution in [0.5, 0.6) is 5.75 Å². The quantitative estimate of drug-likeness (QED) is 0.586. The maximum Gasteiger partial charge on any atom is 0.308 e. The molecule has 0 saturated heterocycles. The monoisotopic (exact) mass is 305 g/mol. The number of benzene rings is 2. The third-order valence-corrected chi connectivity index (χ3v) is 3.12. The molecular formula is C18H15N3O2. The second-order valence-corrected chi connectivity index (χ2v) is 4.90. The molecule has 5 nitrogen and oxygen atoms in total. The second-order valence-electron chi connectivity index (χ2n) is 4.90. The topological polar surface area (TPSA) is 64.1 Å². The zero-order valence-electron chi connectivity index (χ0n) is 12.6. The van der Waals surface area contributed by atoms with Crippen LogP contribution in [0.2, 0.25) is 0 Å². The minimum Gasteiger partial charge on any atom is -0.427 e. The van der Waals surface area contributed by atoms with Crippen LogP contribution in [0, 0.1) is 0 Å². The Hall–Kier alpha value is -3.21. The maximum atomic E-state index is 10.9. The number of nitrogens with one attached hydrogen (secondary N) is 1. The summed E-state index contributed by atoms with van der Waals surface area (Å²) in [5.74, 6) is 0.865. The van der Waals surface area contributed by atoms with Gasteiger partial charge in [-0.05, 0) is 24.3 Å². The van der Waals surface area contributed by atoms with Crippen LogP contribution in [0.4, 0.5) is 11.5 Å². The molecule has 1 aromatic heterocycles. The van der Waals surface area contributed by atoms with Crippen LogP contribution < -0.4 is 10.1 Å². The molecule has 0 unspecified atom stereocenters. The smallest absolute Gasteiger partial charge is 0.308 e. The van der Waals surface area contributed by atoms with Gasteiger partial charge in [-0.15, -0.1) is 0 Å². The largest absolute Gasteiger partial charge is 0.427 e. The molecule has 2 aromatic carbocycles. The summed E-state index contributed by atoms with van der Waals surface area (Å²) < 4.78 is 5.00. The van der Waals surface area contributed by atoms with Gasteiger partial charge in [0, 0.05) is 24.2 Å². The Bertz CT molecular complexity index is 802. The molecule has 0 aliphatic carbocycles. The molecule has 3 aromatic rings. The van der Waals surface area contributed by atoms with Gasteiger partial charge in [0.2, 0.25) is 0 Å². The zero-order valence-corrected chi connectivity index (χ0v) is 12.6. The minimum atomic E-state index is -0.339. The fourth-order valence-electron chi connectivity index (χ4n) is 2.11. The van der Waals surface area contributed by atoms with E-state index >= 15 is 0 Å². The van der Waals surface area contributed by atoms with Crippen molar-refractivity contribution in [2.75, 3.05) is 5.32 Å². The van der Waals surface area contributed by atoms with E-state index in [4.69, 9.17) is 4.74 Å². The van der Waals surface area contributed by atoms with E-state index in [0.717, 1.165) is 16.9 Å². The lowest BCUT2D eigenvalue weighted by molar-refractivity contribution is -0.131. The molecule has 0 aliphatic rings. The number of nitrogens with zero attached hydrogens (tertiary/aromatic N) is 2. The molecule has 0 radical (unpaired) electrons. The van der Waals surface area contributed by atoms with Crippen LogP contribution in [0.25, 0.3) is 11.3 Å². The minimum absolute atomic E-state index is 0.339. The van der Waals surface area contributed by atoms with Crippen molar-refractivity contribution in [2.45, 2.75) is 6.92 Å². The highest BCUT2D eigenvalue weighted by Gasteiger charge is 2.03. The van der Waals surface area contributed by atoms with E-state index in [2.05, 4.69) is 15.3 Å². The van der Waals surface area contributed by atoms with Crippen molar-refractivity contribution in [2.24, 2.45) is 0 Å². The highest BCUT2D eigenvalue weighted by molar-refractivity contribution is 5.70. The Morgan fingerprint density at radius 2 is 1.74 bits per heavy atom. The van der Waals surface area contributed by atoms with E-state index in [-0.39, 0.29) is 5.97 Å². The standard InChI is InChI=1S/C18H15N3O2/c1-13(22)23-16-9-7-15(8-10-16)21-18-11-17(19-12-20-18)14-5-3-2-4-6-14/h2-12H,1H3,(H,19,20,21). The lowest BCUT2D eigenvalue weighted by Gasteiger charge is -2.08. The Labute approximate surface area is 134 Å². The van der Waals surface area contributed by atoms with E-state index in [1.54, 1.807) is 12.1 Å². The average Bonchev–Trinajstić information content (AvgIpc) is 2.57. The summed E-state index contributed by atoms with van der Waals surface area (Å²) in [5.41, 5.74) is 2.72. The molecule has 1 N–H and O–H groups in total. The molecule has 114 valence electrons. The molecule has 0 saturated carbocycles. The molecule has 1 heterocycles. The molecule has 0 atom stereocenters.